The SMILES string of the molecule is CCC[C@H](NC(=O)[C@@H]1[C@H]2CCC[C@H]2CN1C(=O)[C@@H](NC(=O)[C@@H](NC(=O)c1cnc(C(=O)NCCOCCOCCNc2cccc3c2C(=O)N(C2CCC(=O)NC2=O)C3=O)cn1)C1CCCCC1)C(C)(C)C)C(O)C(=O)NC1CC1. The Morgan fingerprint density at radius 2 is 1.49 bits per heavy atom. The molecule has 8 N–H and O–H groups in total. The number of nitrogens with zero attached hydrogens (tertiary/aromatic N) is 4. The van der Waals surface area contributed by atoms with E-state index in [9.17, 15) is 53.1 Å². The highest BCUT2D eigenvalue weighted by atomic mass is 16.5. The first kappa shape index (κ1) is 59.2. The summed E-state index contributed by atoms with van der Waals surface area (Å²) in [6.07, 6.45) is 10.1. The number of hydrogen-bond acceptors (Lipinski definition) is 16. The van der Waals surface area contributed by atoms with Crippen molar-refractivity contribution < 1.29 is 62.5 Å². The first-order chi connectivity index (χ1) is 38.4. The topological polar surface area (TPSA) is 326 Å². The van der Waals surface area contributed by atoms with E-state index in [1.807, 2.05) is 27.7 Å². The van der Waals surface area contributed by atoms with Crippen LogP contribution < -0.4 is 37.2 Å². The number of fused-ring (bicyclic) bond motifs is 2. The Morgan fingerprint density at radius 3 is 2.15 bits per heavy atom. The van der Waals surface area contributed by atoms with E-state index in [2.05, 4.69) is 47.2 Å². The summed E-state index contributed by atoms with van der Waals surface area (Å²) in [5.74, 6) is -5.84. The van der Waals surface area contributed by atoms with Crippen LogP contribution in [0.15, 0.2) is 30.6 Å². The van der Waals surface area contributed by atoms with E-state index >= 15 is 0 Å². The molecule has 2 aromatic rings. The van der Waals surface area contributed by atoms with Gasteiger partial charge in [-0.1, -0.05) is 65.9 Å². The Kier molecular flexibility index (Phi) is 19.7. The molecule has 24 nitrogen and oxygen atoms in total. The fraction of sp³-hybridized carbons (Fsp3) is 0.643. The minimum atomic E-state index is -1.45. The molecule has 1 aromatic heterocycles. The highest BCUT2D eigenvalue weighted by molar-refractivity contribution is 6.25. The number of aliphatic hydroxyl groups is 1. The van der Waals surface area contributed by atoms with Gasteiger partial charge in [0.15, 0.2) is 6.10 Å². The summed E-state index contributed by atoms with van der Waals surface area (Å²) < 4.78 is 11.2. The Balaban J connectivity index is 0.793. The lowest BCUT2D eigenvalue weighted by atomic mass is 9.82. The van der Waals surface area contributed by atoms with Crippen molar-refractivity contribution in [1.29, 1.82) is 0 Å². The summed E-state index contributed by atoms with van der Waals surface area (Å²) in [5.41, 5.74) is -0.291. The van der Waals surface area contributed by atoms with E-state index in [0.717, 1.165) is 68.7 Å². The lowest BCUT2D eigenvalue weighted by molar-refractivity contribution is -0.146. The van der Waals surface area contributed by atoms with Crippen LogP contribution in [0.1, 0.15) is 159 Å². The summed E-state index contributed by atoms with van der Waals surface area (Å²) in [6.45, 7) is 8.92. The van der Waals surface area contributed by atoms with Gasteiger partial charge in [0.25, 0.3) is 29.5 Å². The molecule has 8 rings (SSSR count). The van der Waals surface area contributed by atoms with Gasteiger partial charge in [-0.2, -0.15) is 0 Å². The lowest BCUT2D eigenvalue weighted by Crippen LogP contribution is -2.62. The van der Waals surface area contributed by atoms with Crippen molar-refractivity contribution >= 4 is 64.8 Å². The molecule has 3 aliphatic heterocycles. The van der Waals surface area contributed by atoms with Gasteiger partial charge in [0, 0.05) is 37.8 Å². The van der Waals surface area contributed by atoms with Gasteiger partial charge in [0.1, 0.15) is 35.6 Å². The monoisotopic (exact) mass is 1110 g/mol. The number of aromatic nitrogens is 2. The van der Waals surface area contributed by atoms with Crippen LogP contribution in [0.5, 0.6) is 0 Å². The third-order valence-electron chi connectivity index (χ3n) is 16.1. The Labute approximate surface area is 465 Å². The number of carbonyl (C=O) groups excluding carboxylic acids is 10. The van der Waals surface area contributed by atoms with Crippen LogP contribution in [-0.2, 0) is 38.2 Å². The fourth-order valence-corrected chi connectivity index (χ4v) is 11.7. The van der Waals surface area contributed by atoms with Gasteiger partial charge < -0.3 is 51.4 Å². The molecule has 0 spiro atoms. The number of benzene rings is 1. The molecule has 2 unspecified atom stereocenters. The highest BCUT2D eigenvalue weighted by Crippen LogP contribution is 2.43. The van der Waals surface area contributed by atoms with Crippen molar-refractivity contribution in [2.24, 2.45) is 23.2 Å². The summed E-state index contributed by atoms with van der Waals surface area (Å²) >= 11 is 0. The molecule has 4 heterocycles. The maximum Gasteiger partial charge on any atom is 0.272 e. The van der Waals surface area contributed by atoms with Crippen molar-refractivity contribution in [3.8, 4) is 0 Å². The van der Waals surface area contributed by atoms with E-state index < -0.39 is 101 Å². The minimum Gasteiger partial charge on any atom is -0.382 e. The zero-order chi connectivity index (χ0) is 57.3. The van der Waals surface area contributed by atoms with E-state index in [1.165, 1.54) is 6.07 Å². The average molecular weight is 1110 g/mol. The molecule has 24 heteroatoms. The van der Waals surface area contributed by atoms with Crippen molar-refractivity contribution in [1.82, 2.24) is 51.7 Å². The van der Waals surface area contributed by atoms with Gasteiger partial charge in [0.05, 0.1) is 56.0 Å². The maximum atomic E-state index is 14.9. The van der Waals surface area contributed by atoms with E-state index in [0.29, 0.717) is 37.9 Å². The molecule has 2 saturated heterocycles. The molecule has 0 radical (unpaired) electrons. The number of amides is 10. The molecule has 8 atom stereocenters. The van der Waals surface area contributed by atoms with Crippen LogP contribution in [0.25, 0.3) is 0 Å². The highest BCUT2D eigenvalue weighted by Gasteiger charge is 2.53. The number of imide groups is 2. The lowest BCUT2D eigenvalue weighted by Gasteiger charge is -2.38. The standard InChI is InChI=1S/C56H77N11O13/c1-5-11-37(45(69)52(75)61-33-18-19-33)62-51(74)44-34-15-9-14-32(34)30-66(44)55(78)46(56(2,3)4)65-50(73)43(31-12-7-6-8-13-31)64-48(71)39-29-59-38(28-60-39)47(70)58-23-25-80-27-26-79-24-22-57-36-17-10-16-35-42(36)54(77)67(53(35)76)40-20-21-41(68)63-49(40)72/h10,16-17,28-29,31-34,37,40,43-46,57,69H,5-9,11-15,18-27,30H2,1-4H3,(H,58,70)(H,61,75)(H,62,74)(H,64,71)(H,65,73)(H,63,68,72)/t32-,34-,37-,40?,43-,44-,45?,46+/m0/s1. The predicted molar refractivity (Wildman–Crippen MR) is 287 cm³/mol. The van der Waals surface area contributed by atoms with E-state index in [4.69, 9.17) is 9.47 Å². The average Bonchev–Trinajstić information content (AvgIpc) is 4.00. The molecule has 10 amide bonds. The molecule has 6 aliphatic rings. The minimum absolute atomic E-state index is 0.0215. The molecule has 80 heavy (non-hydrogen) atoms. The molecule has 434 valence electrons. The van der Waals surface area contributed by atoms with Gasteiger partial charge >= 0.3 is 0 Å². The summed E-state index contributed by atoms with van der Waals surface area (Å²) in [7, 11) is 0. The third kappa shape index (κ3) is 14.1. The number of rotatable bonds is 25. The number of anilines is 1. The number of aliphatic hydroxyl groups excluding tert-OH is 1. The van der Waals surface area contributed by atoms with Crippen LogP contribution >= 0.6 is 0 Å². The van der Waals surface area contributed by atoms with Crippen molar-refractivity contribution in [2.75, 3.05) is 51.4 Å². The number of carbonyl (C=O) groups is 10. The zero-order valence-electron chi connectivity index (χ0n) is 46.1. The van der Waals surface area contributed by atoms with Gasteiger partial charge in [-0.05, 0) is 86.7 Å². The number of piperidine rings is 1. The smallest absolute Gasteiger partial charge is 0.272 e. The quantitative estimate of drug-likeness (QED) is 0.0516. The number of nitrogens with one attached hydrogen (secondary N) is 7. The molecule has 0 bridgehead atoms. The second-order valence-electron chi connectivity index (χ2n) is 22.9. The van der Waals surface area contributed by atoms with Crippen LogP contribution in [-0.4, -0.2) is 172 Å². The Bertz CT molecular complexity index is 2650. The number of likely N-dealkylation sites (tertiary alicyclic amines) is 1. The van der Waals surface area contributed by atoms with Gasteiger partial charge in [0.2, 0.25) is 29.5 Å². The van der Waals surface area contributed by atoms with Crippen LogP contribution in [0.4, 0.5) is 5.69 Å². The fourth-order valence-electron chi connectivity index (χ4n) is 11.7. The Hall–Kier alpha value is -6.92. The molecule has 5 fully saturated rings. The van der Waals surface area contributed by atoms with E-state index in [-0.39, 0.29) is 98.7 Å². The van der Waals surface area contributed by atoms with Crippen LogP contribution in [0.2, 0.25) is 0 Å². The van der Waals surface area contributed by atoms with Gasteiger partial charge in [-0.15, -0.1) is 0 Å². The number of hydrogen-bond donors (Lipinski definition) is 8. The van der Waals surface area contributed by atoms with E-state index in [1.54, 1.807) is 17.0 Å². The normalized spacial score (nSPS) is 22.6. The molecule has 3 saturated carbocycles. The largest absolute Gasteiger partial charge is 0.382 e. The molecular weight excluding hydrogens is 1030 g/mol. The van der Waals surface area contributed by atoms with Gasteiger partial charge in [-0.3, -0.25) is 58.2 Å². The second kappa shape index (κ2) is 26.6. The zero-order valence-corrected chi connectivity index (χ0v) is 46.1. The second-order valence-corrected chi connectivity index (χ2v) is 22.9. The molecular formula is C56H77N11O13. The number of ether oxygens (including phenoxy) is 2. The first-order valence-electron chi connectivity index (χ1n) is 28.4. The third-order valence-corrected chi connectivity index (χ3v) is 16.1. The van der Waals surface area contributed by atoms with Crippen LogP contribution in [0.3, 0.4) is 0 Å². The maximum absolute atomic E-state index is 14.9. The van der Waals surface area contributed by atoms with Gasteiger partial charge in [-0.25, -0.2) is 9.97 Å². The molecule has 1 aromatic carbocycles. The summed E-state index contributed by atoms with van der Waals surface area (Å²) in [5, 5.41) is 30.7. The Morgan fingerprint density at radius 1 is 0.787 bits per heavy atom. The van der Waals surface area contributed by atoms with Crippen molar-refractivity contribution in [2.45, 2.75) is 160 Å². The predicted octanol–water partition coefficient (Wildman–Crippen LogP) is 1.51. The summed E-state index contributed by atoms with van der Waals surface area (Å²) in [6, 6.07) is -0.0966. The van der Waals surface area contributed by atoms with Crippen LogP contribution in [0, 0.1) is 23.2 Å². The first-order valence-corrected chi connectivity index (χ1v) is 28.4. The summed E-state index contributed by atoms with van der Waals surface area (Å²) in [4.78, 5) is 145. The molecule has 3 aliphatic carbocycles. The van der Waals surface area contributed by atoms with Crippen molar-refractivity contribution in [3.63, 3.8) is 0 Å². The van der Waals surface area contributed by atoms with Crippen molar-refractivity contribution in [3.05, 3.63) is 53.1 Å².